The highest BCUT2D eigenvalue weighted by Crippen LogP contribution is 2.18. The Morgan fingerprint density at radius 2 is 2.12 bits per heavy atom. The SMILES string of the molecule is CC(C)(CO)Nc1ccc(F)c(C(=O)O)c1. The number of hydrogen-bond donors (Lipinski definition) is 3. The van der Waals surface area contributed by atoms with Crippen LogP contribution >= 0.6 is 0 Å². The highest BCUT2D eigenvalue weighted by Gasteiger charge is 2.17. The van der Waals surface area contributed by atoms with Gasteiger partial charge in [-0.3, -0.25) is 0 Å². The molecule has 0 atom stereocenters. The van der Waals surface area contributed by atoms with Crippen LogP contribution in [0.15, 0.2) is 18.2 Å². The van der Waals surface area contributed by atoms with Crippen LogP contribution in [-0.4, -0.2) is 28.3 Å². The summed E-state index contributed by atoms with van der Waals surface area (Å²) in [5.41, 5.74) is -0.523. The van der Waals surface area contributed by atoms with Gasteiger partial charge in [0.05, 0.1) is 17.7 Å². The number of hydrogen-bond acceptors (Lipinski definition) is 3. The van der Waals surface area contributed by atoms with Gasteiger partial charge in [-0.2, -0.15) is 0 Å². The number of rotatable bonds is 4. The standard InChI is InChI=1S/C11H14FNO3/c1-11(2,6-14)13-7-3-4-9(12)8(5-7)10(15)16/h3-5,13-14H,6H2,1-2H3,(H,15,16). The number of aromatic carboxylic acids is 1. The average molecular weight is 227 g/mol. The van der Waals surface area contributed by atoms with Crippen molar-refractivity contribution in [3.05, 3.63) is 29.6 Å². The Bertz CT molecular complexity index is 404. The summed E-state index contributed by atoms with van der Waals surface area (Å²) in [6.45, 7) is 3.38. The van der Waals surface area contributed by atoms with Gasteiger partial charge in [0, 0.05) is 5.69 Å². The highest BCUT2D eigenvalue weighted by atomic mass is 19.1. The van der Waals surface area contributed by atoms with Crippen molar-refractivity contribution >= 4 is 11.7 Å². The number of nitrogens with one attached hydrogen (secondary N) is 1. The lowest BCUT2D eigenvalue weighted by atomic mass is 10.1. The molecule has 1 aromatic carbocycles. The van der Waals surface area contributed by atoms with Crippen molar-refractivity contribution in [2.75, 3.05) is 11.9 Å². The third kappa shape index (κ3) is 2.93. The lowest BCUT2D eigenvalue weighted by Gasteiger charge is -2.25. The largest absolute Gasteiger partial charge is 0.478 e. The van der Waals surface area contributed by atoms with Gasteiger partial charge in [0.2, 0.25) is 0 Å². The maximum absolute atomic E-state index is 13.1. The van der Waals surface area contributed by atoms with Crippen molar-refractivity contribution in [2.24, 2.45) is 0 Å². The minimum absolute atomic E-state index is 0.118. The summed E-state index contributed by atoms with van der Waals surface area (Å²) in [7, 11) is 0. The van der Waals surface area contributed by atoms with E-state index in [-0.39, 0.29) is 6.61 Å². The molecule has 0 amide bonds. The molecule has 4 nitrogen and oxygen atoms in total. The molecule has 0 unspecified atom stereocenters. The van der Waals surface area contributed by atoms with Crippen LogP contribution in [0, 0.1) is 5.82 Å². The van der Waals surface area contributed by atoms with Gasteiger partial charge in [-0.25, -0.2) is 9.18 Å². The summed E-state index contributed by atoms with van der Waals surface area (Å²) in [6, 6.07) is 3.72. The van der Waals surface area contributed by atoms with Gasteiger partial charge in [-0.05, 0) is 32.0 Å². The molecule has 3 N–H and O–H groups in total. The van der Waals surface area contributed by atoms with E-state index in [0.29, 0.717) is 5.69 Å². The van der Waals surface area contributed by atoms with Crippen LogP contribution in [0.3, 0.4) is 0 Å². The summed E-state index contributed by atoms with van der Waals surface area (Å²) in [5.74, 6) is -2.09. The zero-order valence-corrected chi connectivity index (χ0v) is 9.12. The number of carboxylic acid groups (broad SMARTS) is 1. The van der Waals surface area contributed by atoms with Crippen molar-refractivity contribution in [3.63, 3.8) is 0 Å². The number of benzene rings is 1. The highest BCUT2D eigenvalue weighted by molar-refractivity contribution is 5.89. The van der Waals surface area contributed by atoms with Crippen LogP contribution in [0.4, 0.5) is 10.1 Å². The van der Waals surface area contributed by atoms with E-state index in [1.165, 1.54) is 12.1 Å². The molecule has 0 heterocycles. The summed E-state index contributed by atoms with van der Waals surface area (Å²) in [4.78, 5) is 10.7. The van der Waals surface area contributed by atoms with E-state index in [4.69, 9.17) is 10.2 Å². The Kier molecular flexibility index (Phi) is 3.49. The van der Waals surface area contributed by atoms with Crippen LogP contribution < -0.4 is 5.32 Å². The van der Waals surface area contributed by atoms with Crippen LogP contribution in [0.2, 0.25) is 0 Å². The van der Waals surface area contributed by atoms with E-state index in [1.807, 2.05) is 0 Å². The third-order valence-electron chi connectivity index (χ3n) is 2.07. The van der Waals surface area contributed by atoms with Crippen LogP contribution in [-0.2, 0) is 0 Å². The molecule has 0 fully saturated rings. The molecule has 0 spiro atoms. The molecule has 0 aromatic heterocycles. The van der Waals surface area contributed by atoms with Gasteiger partial charge < -0.3 is 15.5 Å². The Morgan fingerprint density at radius 1 is 1.50 bits per heavy atom. The zero-order chi connectivity index (χ0) is 12.3. The van der Waals surface area contributed by atoms with Crippen LogP contribution in [0.1, 0.15) is 24.2 Å². The molecule has 0 aliphatic carbocycles. The molecule has 0 saturated carbocycles. The van der Waals surface area contributed by atoms with Gasteiger partial charge in [-0.15, -0.1) is 0 Å². The number of anilines is 1. The first-order valence-electron chi connectivity index (χ1n) is 4.77. The molecule has 16 heavy (non-hydrogen) atoms. The first-order chi connectivity index (χ1) is 7.35. The lowest BCUT2D eigenvalue weighted by Crippen LogP contribution is -2.34. The lowest BCUT2D eigenvalue weighted by molar-refractivity contribution is 0.0692. The Labute approximate surface area is 92.7 Å². The summed E-state index contributed by atoms with van der Waals surface area (Å²) in [5, 5.41) is 20.7. The molecule has 1 rings (SSSR count). The van der Waals surface area contributed by atoms with Crippen molar-refractivity contribution in [1.29, 1.82) is 0 Å². The predicted molar refractivity (Wildman–Crippen MR) is 58.1 cm³/mol. The topological polar surface area (TPSA) is 69.6 Å². The van der Waals surface area contributed by atoms with Gasteiger partial charge in [0.1, 0.15) is 5.82 Å². The Hall–Kier alpha value is -1.62. The van der Waals surface area contributed by atoms with Crippen molar-refractivity contribution in [2.45, 2.75) is 19.4 Å². The van der Waals surface area contributed by atoms with Gasteiger partial charge in [-0.1, -0.05) is 0 Å². The van der Waals surface area contributed by atoms with Crippen LogP contribution in [0.5, 0.6) is 0 Å². The van der Waals surface area contributed by atoms with Gasteiger partial charge in [0.15, 0.2) is 0 Å². The Morgan fingerprint density at radius 3 is 2.62 bits per heavy atom. The van der Waals surface area contributed by atoms with E-state index < -0.39 is 22.9 Å². The van der Waals surface area contributed by atoms with Crippen molar-refractivity contribution in [1.82, 2.24) is 0 Å². The summed E-state index contributed by atoms with van der Waals surface area (Å²) >= 11 is 0. The summed E-state index contributed by atoms with van der Waals surface area (Å²) < 4.78 is 13.1. The molecule has 1 aromatic rings. The summed E-state index contributed by atoms with van der Waals surface area (Å²) in [6.07, 6.45) is 0. The molecule has 5 heteroatoms. The van der Waals surface area contributed by atoms with E-state index in [0.717, 1.165) is 6.07 Å². The minimum atomic E-state index is -1.32. The van der Waals surface area contributed by atoms with Crippen LogP contribution in [0.25, 0.3) is 0 Å². The van der Waals surface area contributed by atoms with Crippen molar-refractivity contribution in [3.8, 4) is 0 Å². The number of carboxylic acids is 1. The first-order valence-corrected chi connectivity index (χ1v) is 4.77. The Balaban J connectivity index is 3.00. The molecular weight excluding hydrogens is 213 g/mol. The molecular formula is C11H14FNO3. The quantitative estimate of drug-likeness (QED) is 0.732. The fourth-order valence-electron chi connectivity index (χ4n) is 1.20. The molecule has 0 aliphatic heterocycles. The molecule has 0 radical (unpaired) electrons. The van der Waals surface area contributed by atoms with Gasteiger partial charge in [0.25, 0.3) is 0 Å². The fraction of sp³-hybridized carbons (Fsp3) is 0.364. The normalized spacial score (nSPS) is 11.2. The first kappa shape index (κ1) is 12.4. The third-order valence-corrected chi connectivity index (χ3v) is 2.07. The van der Waals surface area contributed by atoms with E-state index in [2.05, 4.69) is 5.32 Å². The van der Waals surface area contributed by atoms with E-state index in [9.17, 15) is 9.18 Å². The smallest absolute Gasteiger partial charge is 0.338 e. The monoisotopic (exact) mass is 227 g/mol. The second-order valence-corrected chi connectivity index (χ2v) is 4.17. The van der Waals surface area contributed by atoms with E-state index in [1.54, 1.807) is 13.8 Å². The molecule has 88 valence electrons. The fourth-order valence-corrected chi connectivity index (χ4v) is 1.20. The maximum atomic E-state index is 13.1. The number of carbonyl (C=O) groups is 1. The number of aliphatic hydroxyl groups excluding tert-OH is 1. The van der Waals surface area contributed by atoms with E-state index >= 15 is 0 Å². The molecule has 0 bridgehead atoms. The minimum Gasteiger partial charge on any atom is -0.478 e. The maximum Gasteiger partial charge on any atom is 0.338 e. The predicted octanol–water partition coefficient (Wildman–Crippen LogP) is 1.71. The second kappa shape index (κ2) is 4.49. The molecule has 0 saturated heterocycles. The average Bonchev–Trinajstić information content (AvgIpc) is 2.20. The molecule has 0 aliphatic rings. The second-order valence-electron chi connectivity index (χ2n) is 4.17. The number of aliphatic hydroxyl groups is 1. The van der Waals surface area contributed by atoms with Crippen molar-refractivity contribution < 1.29 is 19.4 Å². The zero-order valence-electron chi connectivity index (χ0n) is 9.12. The number of halogens is 1. The van der Waals surface area contributed by atoms with Gasteiger partial charge >= 0.3 is 5.97 Å².